The lowest BCUT2D eigenvalue weighted by Crippen LogP contribution is -2.45. The number of ether oxygens (including phenoxy) is 1. The maximum Gasteiger partial charge on any atom is 0.426 e. The number of benzene rings is 1. The summed E-state index contributed by atoms with van der Waals surface area (Å²) in [5.74, 6) is -2.87. The molecule has 0 aliphatic heterocycles. The first kappa shape index (κ1) is 32.2. The van der Waals surface area contributed by atoms with E-state index in [0.29, 0.717) is 12.0 Å². The van der Waals surface area contributed by atoms with Crippen LogP contribution in [-0.2, 0) is 23.1 Å². The second kappa shape index (κ2) is 12.3. The number of aromatic nitrogens is 3. The van der Waals surface area contributed by atoms with Crippen molar-refractivity contribution in [3.63, 3.8) is 0 Å². The summed E-state index contributed by atoms with van der Waals surface area (Å²) in [7, 11) is 0. The van der Waals surface area contributed by atoms with Gasteiger partial charge in [0.2, 0.25) is 11.3 Å². The summed E-state index contributed by atoms with van der Waals surface area (Å²) in [5.41, 5.74) is -6.99. The standard InChI is InChI=1S/C27H27F6N5O4/c1-5-12-24(3,4)16-34-21-18(26(28,29)30)14-19(38(39)40)20(35-21)22-36-37-23(42-22)25(13-6-2,27(31,32)33)41-15-17-10-8-7-9-11-17/h5-11,14H,1-2,12-13,15-16H2,3-4H3,(H,34,35). The van der Waals surface area contributed by atoms with Crippen LogP contribution in [0, 0.1) is 15.5 Å². The van der Waals surface area contributed by atoms with Crippen LogP contribution >= 0.6 is 0 Å². The topological polar surface area (TPSA) is 116 Å². The fraction of sp³-hybridized carbons (Fsp3) is 0.370. The van der Waals surface area contributed by atoms with Gasteiger partial charge in [0, 0.05) is 19.0 Å². The molecule has 0 saturated heterocycles. The molecule has 1 aromatic carbocycles. The number of allylic oxidation sites excluding steroid dienone is 1. The highest BCUT2D eigenvalue weighted by Crippen LogP contribution is 2.47. The molecule has 15 heteroatoms. The van der Waals surface area contributed by atoms with Crippen LogP contribution in [0.4, 0.5) is 37.8 Å². The van der Waals surface area contributed by atoms with Gasteiger partial charge in [0.15, 0.2) is 0 Å². The molecule has 2 aromatic heterocycles. The van der Waals surface area contributed by atoms with E-state index in [0.717, 1.165) is 6.08 Å². The third-order valence-corrected chi connectivity index (χ3v) is 6.13. The summed E-state index contributed by atoms with van der Waals surface area (Å²) in [4.78, 5) is 14.3. The molecule has 0 bridgehead atoms. The van der Waals surface area contributed by atoms with Gasteiger partial charge in [-0.2, -0.15) is 26.3 Å². The maximum absolute atomic E-state index is 14.5. The molecule has 0 aliphatic carbocycles. The van der Waals surface area contributed by atoms with Crippen molar-refractivity contribution < 1.29 is 40.4 Å². The van der Waals surface area contributed by atoms with E-state index in [4.69, 9.17) is 9.15 Å². The normalized spacial score (nSPS) is 13.8. The average Bonchev–Trinajstić information content (AvgIpc) is 3.39. The molecule has 1 atom stereocenters. The second-order valence-corrected chi connectivity index (χ2v) is 10.0. The van der Waals surface area contributed by atoms with Gasteiger partial charge < -0.3 is 14.5 Å². The Kier molecular flexibility index (Phi) is 9.45. The van der Waals surface area contributed by atoms with Gasteiger partial charge in [-0.15, -0.1) is 23.4 Å². The molecule has 1 unspecified atom stereocenters. The van der Waals surface area contributed by atoms with Crippen LogP contribution in [0.5, 0.6) is 0 Å². The van der Waals surface area contributed by atoms with Crippen molar-refractivity contribution in [2.75, 3.05) is 11.9 Å². The van der Waals surface area contributed by atoms with Gasteiger partial charge in [-0.25, -0.2) is 4.98 Å². The molecule has 0 fully saturated rings. The molecule has 0 radical (unpaired) electrons. The number of nitrogens with zero attached hydrogens (tertiary/aromatic N) is 4. The lowest BCUT2D eigenvalue weighted by molar-refractivity contribution is -0.384. The van der Waals surface area contributed by atoms with Gasteiger partial charge in [0.25, 0.3) is 11.8 Å². The first-order valence-electron chi connectivity index (χ1n) is 12.4. The molecule has 9 nitrogen and oxygen atoms in total. The van der Waals surface area contributed by atoms with E-state index in [1.165, 1.54) is 12.1 Å². The summed E-state index contributed by atoms with van der Waals surface area (Å²) >= 11 is 0. The van der Waals surface area contributed by atoms with E-state index in [2.05, 4.69) is 33.7 Å². The van der Waals surface area contributed by atoms with Gasteiger partial charge in [-0.05, 0) is 17.4 Å². The molecule has 3 rings (SSSR count). The lowest BCUT2D eigenvalue weighted by Gasteiger charge is -2.31. The van der Waals surface area contributed by atoms with Crippen molar-refractivity contribution in [2.45, 2.75) is 51.2 Å². The molecular formula is C27H27F6N5O4. The van der Waals surface area contributed by atoms with Crippen molar-refractivity contribution in [1.29, 1.82) is 0 Å². The van der Waals surface area contributed by atoms with Gasteiger partial charge in [-0.1, -0.05) is 56.3 Å². The maximum atomic E-state index is 14.5. The highest BCUT2D eigenvalue weighted by atomic mass is 19.4. The molecule has 226 valence electrons. The quantitative estimate of drug-likeness (QED) is 0.0923. The smallest absolute Gasteiger partial charge is 0.415 e. The number of alkyl halides is 6. The van der Waals surface area contributed by atoms with Gasteiger partial charge >= 0.3 is 18.0 Å². The van der Waals surface area contributed by atoms with E-state index in [1.807, 2.05) is 0 Å². The summed E-state index contributed by atoms with van der Waals surface area (Å²) < 4.78 is 95.8. The monoisotopic (exact) mass is 599 g/mol. The van der Waals surface area contributed by atoms with E-state index in [1.54, 1.807) is 38.1 Å². The molecule has 1 N–H and O–H groups in total. The number of nitrogens with one attached hydrogen (secondary N) is 1. The minimum absolute atomic E-state index is 0.0642. The van der Waals surface area contributed by atoms with Crippen LogP contribution in [0.25, 0.3) is 11.6 Å². The van der Waals surface area contributed by atoms with Crippen LogP contribution < -0.4 is 5.32 Å². The third-order valence-electron chi connectivity index (χ3n) is 6.13. The predicted molar refractivity (Wildman–Crippen MR) is 140 cm³/mol. The number of hydrogen-bond acceptors (Lipinski definition) is 8. The Hall–Kier alpha value is -4.27. The van der Waals surface area contributed by atoms with Gasteiger partial charge in [0.05, 0.1) is 11.5 Å². The molecule has 0 aliphatic rings. The number of pyridine rings is 1. The highest BCUT2D eigenvalue weighted by Gasteiger charge is 2.61. The van der Waals surface area contributed by atoms with Crippen molar-refractivity contribution in [3.05, 3.63) is 88.8 Å². The number of rotatable bonds is 13. The van der Waals surface area contributed by atoms with E-state index in [-0.39, 0.29) is 12.6 Å². The SMILES string of the molecule is C=CCC(C)(C)CNc1nc(-c2nnc(C(CC=C)(OCc3ccccc3)C(F)(F)F)o2)c([N+](=O)[O-])cc1C(F)(F)F. The first-order valence-corrected chi connectivity index (χ1v) is 12.4. The number of anilines is 1. The summed E-state index contributed by atoms with van der Waals surface area (Å²) in [5, 5.41) is 21.2. The fourth-order valence-electron chi connectivity index (χ4n) is 3.93. The van der Waals surface area contributed by atoms with Crippen molar-refractivity contribution in [1.82, 2.24) is 15.2 Å². The van der Waals surface area contributed by atoms with Crippen LogP contribution in [0.15, 0.2) is 66.1 Å². The predicted octanol–water partition coefficient (Wildman–Crippen LogP) is 7.62. The lowest BCUT2D eigenvalue weighted by atomic mass is 9.89. The van der Waals surface area contributed by atoms with Crippen LogP contribution in [0.2, 0.25) is 0 Å². The van der Waals surface area contributed by atoms with Crippen molar-refractivity contribution in [3.8, 4) is 11.6 Å². The average molecular weight is 600 g/mol. The van der Waals surface area contributed by atoms with Crippen molar-refractivity contribution >= 4 is 11.5 Å². The zero-order valence-electron chi connectivity index (χ0n) is 22.6. The molecule has 0 saturated carbocycles. The molecule has 0 spiro atoms. The Morgan fingerprint density at radius 3 is 2.24 bits per heavy atom. The minimum atomic E-state index is -5.15. The minimum Gasteiger partial charge on any atom is -0.415 e. The Morgan fingerprint density at radius 1 is 1.05 bits per heavy atom. The Morgan fingerprint density at radius 2 is 1.69 bits per heavy atom. The van der Waals surface area contributed by atoms with Crippen LogP contribution in [0.3, 0.4) is 0 Å². The molecule has 3 aromatic rings. The highest BCUT2D eigenvalue weighted by molar-refractivity contribution is 5.68. The molecular weight excluding hydrogens is 572 g/mol. The summed E-state index contributed by atoms with van der Waals surface area (Å²) in [6.45, 7) is 9.81. The number of nitro groups is 1. The second-order valence-electron chi connectivity index (χ2n) is 10.0. The number of hydrogen-bond donors (Lipinski definition) is 1. The fourth-order valence-corrected chi connectivity index (χ4v) is 3.93. The summed E-state index contributed by atoms with van der Waals surface area (Å²) in [6.07, 6.45) is -8.23. The van der Waals surface area contributed by atoms with E-state index < -0.39 is 75.9 Å². The Bertz CT molecular complexity index is 1420. The van der Waals surface area contributed by atoms with E-state index in [9.17, 15) is 36.5 Å². The molecule has 42 heavy (non-hydrogen) atoms. The Balaban J connectivity index is 2.16. The van der Waals surface area contributed by atoms with Gasteiger partial charge in [-0.3, -0.25) is 10.1 Å². The molecule has 0 amide bonds. The zero-order valence-corrected chi connectivity index (χ0v) is 22.6. The first-order chi connectivity index (χ1) is 19.5. The van der Waals surface area contributed by atoms with Crippen molar-refractivity contribution in [2.24, 2.45) is 5.41 Å². The summed E-state index contributed by atoms with van der Waals surface area (Å²) in [6, 6.07) is 8.09. The number of halogens is 6. The van der Waals surface area contributed by atoms with E-state index >= 15 is 0 Å². The third kappa shape index (κ3) is 7.13. The molecule has 2 heterocycles. The largest absolute Gasteiger partial charge is 0.426 e. The van der Waals surface area contributed by atoms with Crippen LogP contribution in [0.1, 0.15) is 43.7 Å². The Labute approximate surface area is 236 Å². The zero-order chi connectivity index (χ0) is 31.3. The van der Waals surface area contributed by atoms with Gasteiger partial charge in [0.1, 0.15) is 11.4 Å². The van der Waals surface area contributed by atoms with Crippen LogP contribution in [-0.4, -0.2) is 32.8 Å².